The Morgan fingerprint density at radius 1 is 1.33 bits per heavy atom. The van der Waals surface area contributed by atoms with Gasteiger partial charge in [-0.2, -0.15) is 0 Å². The number of carbonyl (C=O) groups excluding carboxylic acids is 1. The smallest absolute Gasteiger partial charge is 0.249 e. The summed E-state index contributed by atoms with van der Waals surface area (Å²) >= 11 is 1.55. The van der Waals surface area contributed by atoms with Crippen LogP contribution in [-0.4, -0.2) is 35.5 Å². The molecule has 0 saturated heterocycles. The van der Waals surface area contributed by atoms with Crippen LogP contribution in [0.5, 0.6) is 5.75 Å². The number of methoxy groups -OCH3 is 1. The number of ether oxygens (including phenoxy) is 2. The number of hydrogen-bond acceptors (Lipinski definition) is 5. The van der Waals surface area contributed by atoms with Crippen LogP contribution in [0.25, 0.3) is 0 Å². The zero-order valence-corrected chi connectivity index (χ0v) is 15.2. The van der Waals surface area contributed by atoms with Crippen molar-refractivity contribution < 1.29 is 14.3 Å². The summed E-state index contributed by atoms with van der Waals surface area (Å²) < 4.78 is 10.7. The third kappa shape index (κ3) is 5.32. The molecule has 0 aliphatic heterocycles. The monoisotopic (exact) mass is 348 g/mol. The highest BCUT2D eigenvalue weighted by molar-refractivity contribution is 7.09. The molecule has 1 aromatic heterocycles. The van der Waals surface area contributed by atoms with Gasteiger partial charge in [0.15, 0.2) is 0 Å². The second-order valence-electron chi connectivity index (χ2n) is 5.55. The lowest BCUT2D eigenvalue weighted by Gasteiger charge is -2.27. The molecule has 0 spiro atoms. The molecule has 1 aromatic carbocycles. The average Bonchev–Trinajstić information content (AvgIpc) is 3.06. The molecule has 0 saturated carbocycles. The van der Waals surface area contributed by atoms with Crippen LogP contribution in [0.3, 0.4) is 0 Å². The molecule has 2 rings (SSSR count). The summed E-state index contributed by atoms with van der Waals surface area (Å²) in [4.78, 5) is 18.6. The minimum absolute atomic E-state index is 0.0121. The van der Waals surface area contributed by atoms with Crippen LogP contribution in [0, 0.1) is 0 Å². The highest BCUT2D eigenvalue weighted by Crippen LogP contribution is 2.17. The van der Waals surface area contributed by atoms with Crippen molar-refractivity contribution >= 4 is 17.2 Å². The topological polar surface area (TPSA) is 51.7 Å². The molecule has 1 heterocycles. The van der Waals surface area contributed by atoms with E-state index >= 15 is 0 Å². The van der Waals surface area contributed by atoms with E-state index in [1.807, 2.05) is 47.5 Å². The van der Waals surface area contributed by atoms with Gasteiger partial charge in [-0.1, -0.05) is 25.1 Å². The van der Waals surface area contributed by atoms with E-state index in [9.17, 15) is 4.79 Å². The molecule has 1 atom stereocenters. The largest absolute Gasteiger partial charge is 0.486 e. The number of carbonyl (C=O) groups is 1. The summed E-state index contributed by atoms with van der Waals surface area (Å²) in [6.45, 7) is 5.14. The number of thiazole rings is 1. The second-order valence-corrected chi connectivity index (χ2v) is 6.49. The first-order chi connectivity index (χ1) is 11.6. The van der Waals surface area contributed by atoms with Gasteiger partial charge in [-0.25, -0.2) is 4.98 Å². The van der Waals surface area contributed by atoms with Crippen LogP contribution in [0.4, 0.5) is 0 Å². The fraction of sp³-hybridized carbons (Fsp3) is 0.444. The second kappa shape index (κ2) is 9.39. The van der Waals surface area contributed by atoms with Crippen LogP contribution < -0.4 is 4.74 Å². The van der Waals surface area contributed by atoms with E-state index in [0.717, 1.165) is 22.9 Å². The average molecular weight is 348 g/mol. The maximum Gasteiger partial charge on any atom is 0.249 e. The van der Waals surface area contributed by atoms with E-state index in [0.29, 0.717) is 13.2 Å². The SMILES string of the molecule is CC[C@@H](C)N(Cc1csc(COc2ccccc2)n1)C(=O)COC. The minimum atomic E-state index is -0.0121. The summed E-state index contributed by atoms with van der Waals surface area (Å²) in [5, 5.41) is 2.89. The van der Waals surface area contributed by atoms with Gasteiger partial charge in [0.25, 0.3) is 0 Å². The Morgan fingerprint density at radius 3 is 2.75 bits per heavy atom. The molecule has 0 unspecified atom stereocenters. The number of benzene rings is 1. The van der Waals surface area contributed by atoms with Crippen LogP contribution in [-0.2, 0) is 22.7 Å². The van der Waals surface area contributed by atoms with Crippen LogP contribution in [0.2, 0.25) is 0 Å². The number of amides is 1. The normalized spacial score (nSPS) is 12.0. The standard InChI is InChI=1S/C18H24N2O3S/c1-4-14(2)20(18(21)12-22-3)10-15-13-24-17(19-15)11-23-16-8-6-5-7-9-16/h5-9,13-14H,4,10-12H2,1-3H3/t14-/m1/s1. The Hall–Kier alpha value is -1.92. The number of nitrogens with zero attached hydrogens (tertiary/aromatic N) is 2. The molecule has 0 aliphatic rings. The Balaban J connectivity index is 1.96. The maximum absolute atomic E-state index is 12.2. The lowest BCUT2D eigenvalue weighted by atomic mass is 10.2. The van der Waals surface area contributed by atoms with Crippen molar-refractivity contribution in [1.29, 1.82) is 0 Å². The molecule has 24 heavy (non-hydrogen) atoms. The van der Waals surface area contributed by atoms with Gasteiger partial charge >= 0.3 is 0 Å². The lowest BCUT2D eigenvalue weighted by molar-refractivity contribution is -0.138. The Kier molecular flexibility index (Phi) is 7.21. The Bertz CT molecular complexity index is 630. The highest BCUT2D eigenvalue weighted by atomic mass is 32.1. The van der Waals surface area contributed by atoms with Crippen LogP contribution in [0.1, 0.15) is 31.0 Å². The molecular formula is C18H24N2O3S. The number of rotatable bonds is 9. The summed E-state index contributed by atoms with van der Waals surface area (Å²) in [6, 6.07) is 9.82. The van der Waals surface area contributed by atoms with Gasteiger partial charge in [-0.3, -0.25) is 4.79 Å². The fourth-order valence-corrected chi connectivity index (χ4v) is 2.94. The molecule has 130 valence electrons. The molecule has 0 N–H and O–H groups in total. The molecule has 1 amide bonds. The summed E-state index contributed by atoms with van der Waals surface area (Å²) in [6.07, 6.45) is 0.892. The number of hydrogen-bond donors (Lipinski definition) is 0. The zero-order valence-electron chi connectivity index (χ0n) is 14.4. The van der Waals surface area contributed by atoms with Crippen molar-refractivity contribution in [3.63, 3.8) is 0 Å². The molecule has 0 aliphatic carbocycles. The predicted octanol–water partition coefficient (Wildman–Crippen LogP) is 3.50. The van der Waals surface area contributed by atoms with E-state index < -0.39 is 0 Å². The van der Waals surface area contributed by atoms with E-state index in [-0.39, 0.29) is 18.6 Å². The number of aromatic nitrogens is 1. The van der Waals surface area contributed by atoms with E-state index in [1.165, 1.54) is 7.11 Å². The quantitative estimate of drug-likeness (QED) is 0.696. The van der Waals surface area contributed by atoms with E-state index in [1.54, 1.807) is 11.3 Å². The molecule has 0 radical (unpaired) electrons. The Labute approximate surface area is 147 Å². The van der Waals surface area contributed by atoms with E-state index in [4.69, 9.17) is 9.47 Å². The lowest BCUT2D eigenvalue weighted by Crippen LogP contribution is -2.39. The zero-order chi connectivity index (χ0) is 17.4. The van der Waals surface area contributed by atoms with Crippen LogP contribution in [0.15, 0.2) is 35.7 Å². The molecule has 0 bridgehead atoms. The molecular weight excluding hydrogens is 324 g/mol. The first-order valence-corrected chi connectivity index (χ1v) is 8.91. The summed E-state index contributed by atoms with van der Waals surface area (Å²) in [5.74, 6) is 0.813. The molecule has 2 aromatic rings. The van der Waals surface area contributed by atoms with Crippen LogP contribution >= 0.6 is 11.3 Å². The van der Waals surface area contributed by atoms with Gasteiger partial charge < -0.3 is 14.4 Å². The van der Waals surface area contributed by atoms with Gasteiger partial charge in [-0.05, 0) is 25.5 Å². The Morgan fingerprint density at radius 2 is 2.08 bits per heavy atom. The predicted molar refractivity (Wildman–Crippen MR) is 95.1 cm³/mol. The van der Waals surface area contributed by atoms with Crippen molar-refractivity contribution in [2.24, 2.45) is 0 Å². The van der Waals surface area contributed by atoms with Crippen molar-refractivity contribution in [3.8, 4) is 5.75 Å². The van der Waals surface area contributed by atoms with Gasteiger partial charge in [0.2, 0.25) is 5.91 Å². The van der Waals surface area contributed by atoms with Gasteiger partial charge in [0.1, 0.15) is 24.0 Å². The fourth-order valence-electron chi connectivity index (χ4n) is 2.24. The summed E-state index contributed by atoms with van der Waals surface area (Å²) in [5.41, 5.74) is 0.886. The van der Waals surface area contributed by atoms with Gasteiger partial charge in [0, 0.05) is 18.5 Å². The van der Waals surface area contributed by atoms with Crippen molar-refractivity contribution in [1.82, 2.24) is 9.88 Å². The van der Waals surface area contributed by atoms with Crippen molar-refractivity contribution in [2.45, 2.75) is 39.5 Å². The van der Waals surface area contributed by atoms with Crippen molar-refractivity contribution in [2.75, 3.05) is 13.7 Å². The summed E-state index contributed by atoms with van der Waals surface area (Å²) in [7, 11) is 1.54. The first kappa shape index (κ1) is 18.4. The van der Waals surface area contributed by atoms with Gasteiger partial charge in [-0.15, -0.1) is 11.3 Å². The third-order valence-corrected chi connectivity index (χ3v) is 4.62. The van der Waals surface area contributed by atoms with E-state index in [2.05, 4.69) is 11.9 Å². The number of para-hydroxylation sites is 1. The maximum atomic E-state index is 12.2. The highest BCUT2D eigenvalue weighted by Gasteiger charge is 2.20. The third-order valence-electron chi connectivity index (χ3n) is 3.75. The molecule has 5 nitrogen and oxygen atoms in total. The van der Waals surface area contributed by atoms with Gasteiger partial charge in [0.05, 0.1) is 12.2 Å². The first-order valence-electron chi connectivity index (χ1n) is 8.03. The van der Waals surface area contributed by atoms with Crippen molar-refractivity contribution in [3.05, 3.63) is 46.4 Å². The molecule has 0 fully saturated rings. The molecule has 6 heteroatoms. The minimum Gasteiger partial charge on any atom is -0.486 e.